The van der Waals surface area contributed by atoms with Crippen molar-refractivity contribution >= 4 is 35.1 Å². The van der Waals surface area contributed by atoms with Gasteiger partial charge in [0.25, 0.3) is 0 Å². The number of aliphatic hydroxyl groups is 2. The van der Waals surface area contributed by atoms with Crippen LogP contribution in [0.2, 0.25) is 0 Å². The smallest absolute Gasteiger partial charge is 0.547 e. The molecule has 0 radical (unpaired) electrons. The second-order valence-electron chi connectivity index (χ2n) is 26.8. The minimum atomic E-state index is -2.32. The SMILES string of the molecule is CCCCCCCCCCCCCCCC(=O)C1(O)CCN[C@@]1(C(=O)[O-])C(=O)CCCCCCCCCCCCCCC.CCCCCCCCCCCCCCCC(=O)C1(O)CCN[C@@]1(C(=O)[O-])C(=O)CCCCCCCCCCCCCCC.[Na+].[Na+]. The molecule has 0 bridgehead atoms. The Kier molecular flexibility index (Phi) is 60.0. The number of rotatable bonds is 62. The summed E-state index contributed by atoms with van der Waals surface area (Å²) in [6, 6.07) is 0. The van der Waals surface area contributed by atoms with E-state index in [1.807, 2.05) is 0 Å². The zero-order valence-electron chi connectivity index (χ0n) is 58.6. The van der Waals surface area contributed by atoms with E-state index < -0.39 is 57.4 Å². The van der Waals surface area contributed by atoms with E-state index in [0.717, 1.165) is 77.0 Å². The van der Waals surface area contributed by atoms with Crippen molar-refractivity contribution in [1.82, 2.24) is 10.6 Å². The normalized spacial score (nSPS) is 19.6. The van der Waals surface area contributed by atoms with E-state index in [1.54, 1.807) is 0 Å². The zero-order valence-corrected chi connectivity index (χ0v) is 62.6. The van der Waals surface area contributed by atoms with Crippen LogP contribution >= 0.6 is 0 Å². The fourth-order valence-electron chi connectivity index (χ4n) is 13.6. The summed E-state index contributed by atoms with van der Waals surface area (Å²) in [4.78, 5) is 77.3. The average molecular weight is 1260 g/mol. The number of nitrogens with one attached hydrogen (secondary N) is 2. The molecule has 0 aliphatic carbocycles. The van der Waals surface area contributed by atoms with E-state index in [2.05, 4.69) is 38.3 Å². The van der Waals surface area contributed by atoms with Crippen LogP contribution in [0.3, 0.4) is 0 Å². The van der Waals surface area contributed by atoms with Crippen molar-refractivity contribution in [3.05, 3.63) is 0 Å². The Bertz CT molecular complexity index is 1620. The Labute approximate surface area is 584 Å². The van der Waals surface area contributed by atoms with Gasteiger partial charge in [-0.25, -0.2) is 0 Å². The number of hydrogen-bond donors (Lipinski definition) is 4. The number of unbranched alkanes of at least 4 members (excludes halogenated alkanes) is 48. The third kappa shape index (κ3) is 36.4. The van der Waals surface area contributed by atoms with Gasteiger partial charge in [-0.3, -0.25) is 29.8 Å². The van der Waals surface area contributed by atoms with E-state index in [9.17, 15) is 49.2 Å². The largest absolute Gasteiger partial charge is 1.00 e. The van der Waals surface area contributed by atoms with Crippen LogP contribution in [-0.4, -0.2) is 80.7 Å². The molecule has 0 amide bonds. The van der Waals surface area contributed by atoms with Crippen LogP contribution in [0.1, 0.15) is 400 Å². The molecule has 12 nitrogen and oxygen atoms in total. The van der Waals surface area contributed by atoms with E-state index in [0.29, 0.717) is 25.7 Å². The molecule has 0 aromatic carbocycles. The monoisotopic (exact) mass is 1260 g/mol. The van der Waals surface area contributed by atoms with E-state index in [1.165, 1.54) is 231 Å². The Morgan fingerprint density at radius 2 is 0.420 bits per heavy atom. The molecular weight excluding hydrogens is 1120 g/mol. The van der Waals surface area contributed by atoms with Gasteiger partial charge in [0, 0.05) is 25.7 Å². The van der Waals surface area contributed by atoms with Crippen molar-refractivity contribution in [3.63, 3.8) is 0 Å². The van der Waals surface area contributed by atoms with Crippen molar-refractivity contribution in [3.8, 4) is 0 Å². The zero-order chi connectivity index (χ0) is 63.3. The number of carboxylic acids is 2. The number of carboxylic acid groups (broad SMARTS) is 2. The van der Waals surface area contributed by atoms with Gasteiger partial charge in [-0.2, -0.15) is 0 Å². The molecule has 2 unspecified atom stereocenters. The minimum absolute atomic E-state index is 0. The second-order valence-corrected chi connectivity index (χ2v) is 26.8. The number of Topliss-reactive ketones (excluding diaryl/α,β-unsaturated/α-hetero) is 4. The topological polar surface area (TPSA) is 213 Å². The maximum atomic E-state index is 13.2. The van der Waals surface area contributed by atoms with Crippen LogP contribution in [-0.2, 0) is 28.8 Å². The van der Waals surface area contributed by atoms with Crippen LogP contribution in [0.25, 0.3) is 0 Å². The van der Waals surface area contributed by atoms with E-state index in [-0.39, 0.29) is 111 Å². The maximum Gasteiger partial charge on any atom is 1.00 e. The summed E-state index contributed by atoms with van der Waals surface area (Å²) < 4.78 is 0. The fraction of sp³-hybridized carbons (Fsp3) is 0.919. The second kappa shape index (κ2) is 59.0. The first-order valence-electron chi connectivity index (χ1n) is 37.2. The van der Waals surface area contributed by atoms with Gasteiger partial charge in [0.1, 0.15) is 0 Å². The molecule has 2 aliphatic rings. The predicted octanol–water partition coefficient (Wildman–Crippen LogP) is 10.6. The van der Waals surface area contributed by atoms with Crippen molar-refractivity contribution in [2.24, 2.45) is 0 Å². The molecule has 88 heavy (non-hydrogen) atoms. The summed E-state index contributed by atoms with van der Waals surface area (Å²) in [6.07, 6.45) is 61.5. The quantitative estimate of drug-likeness (QED) is 0.0254. The van der Waals surface area contributed by atoms with Gasteiger partial charge >= 0.3 is 59.1 Å². The Balaban J connectivity index is 0. The van der Waals surface area contributed by atoms with Gasteiger partial charge in [-0.15, -0.1) is 0 Å². The molecule has 2 heterocycles. The number of carbonyl (C=O) groups excluding carboxylic acids is 6. The summed E-state index contributed by atoms with van der Waals surface area (Å²) in [5.74, 6) is -5.66. The van der Waals surface area contributed by atoms with Gasteiger partial charge in [0.2, 0.25) is 0 Å². The van der Waals surface area contributed by atoms with Gasteiger partial charge < -0.3 is 30.0 Å². The first-order chi connectivity index (χ1) is 41.7. The van der Waals surface area contributed by atoms with Gasteiger partial charge in [0.05, 0.1) is 11.9 Å². The van der Waals surface area contributed by atoms with Crippen LogP contribution < -0.4 is 80.0 Å². The third-order valence-corrected chi connectivity index (χ3v) is 19.4. The number of aliphatic carboxylic acids is 2. The summed E-state index contributed by atoms with van der Waals surface area (Å²) in [7, 11) is 0. The molecule has 0 aromatic rings. The molecule has 504 valence electrons. The van der Waals surface area contributed by atoms with Crippen LogP contribution in [0, 0.1) is 0 Å². The Hall–Kier alpha value is -0.540. The van der Waals surface area contributed by atoms with Gasteiger partial charge in [0.15, 0.2) is 45.4 Å². The average Bonchev–Trinajstić information content (AvgIpc) is 1.57. The first-order valence-corrected chi connectivity index (χ1v) is 37.2. The number of ketones is 4. The molecule has 0 spiro atoms. The van der Waals surface area contributed by atoms with Gasteiger partial charge in [-0.05, 0) is 51.6 Å². The van der Waals surface area contributed by atoms with Crippen LogP contribution in [0.15, 0.2) is 0 Å². The van der Waals surface area contributed by atoms with Crippen LogP contribution in [0.5, 0.6) is 0 Å². The molecule has 2 fully saturated rings. The number of hydrogen-bond acceptors (Lipinski definition) is 12. The predicted molar refractivity (Wildman–Crippen MR) is 352 cm³/mol. The van der Waals surface area contributed by atoms with Crippen molar-refractivity contribution in [2.45, 2.75) is 422 Å². The summed E-state index contributed by atoms with van der Waals surface area (Å²) in [5.41, 5.74) is -9.09. The summed E-state index contributed by atoms with van der Waals surface area (Å²) in [5, 5.41) is 52.7. The van der Waals surface area contributed by atoms with Crippen molar-refractivity contribution in [2.75, 3.05) is 13.1 Å². The fourth-order valence-corrected chi connectivity index (χ4v) is 13.6. The molecule has 2 rings (SSSR count). The summed E-state index contributed by atoms with van der Waals surface area (Å²) >= 11 is 0. The van der Waals surface area contributed by atoms with Crippen LogP contribution in [0.4, 0.5) is 0 Å². The third-order valence-electron chi connectivity index (χ3n) is 19.4. The molecule has 4 atom stereocenters. The molecule has 14 heteroatoms. The van der Waals surface area contributed by atoms with Crippen molar-refractivity contribution < 1.29 is 108 Å². The molecule has 4 N–H and O–H groups in total. The molecule has 2 saturated heterocycles. The molecule has 0 aromatic heterocycles. The Morgan fingerprint density at radius 3 is 0.580 bits per heavy atom. The van der Waals surface area contributed by atoms with E-state index >= 15 is 0 Å². The minimum Gasteiger partial charge on any atom is -0.547 e. The standard InChI is InChI=1S/2C37H69NO5.2Na/c2*1-3-5-7-9-11-13-15-17-19-21-23-25-27-29-33(39)36(43)31-32-38-37(36,35(41)42)34(40)30-28-26-24-22-20-18-16-14-12-10-8-6-4-2;;/h2*38,43H,3-32H2,1-2H3,(H,41,42);;/q;;2*+1/p-2/t2*36?,37-;;/m11../s1. The van der Waals surface area contributed by atoms with E-state index in [4.69, 9.17) is 0 Å². The van der Waals surface area contributed by atoms with Crippen molar-refractivity contribution in [1.29, 1.82) is 0 Å². The molecule has 0 saturated carbocycles. The van der Waals surface area contributed by atoms with Gasteiger partial charge in [-0.1, -0.05) is 336 Å². The molecule has 2 aliphatic heterocycles. The number of carbonyl (C=O) groups is 6. The molecular formula is C74H136N2Na2O10. The maximum absolute atomic E-state index is 13.2. The summed E-state index contributed by atoms with van der Waals surface area (Å²) in [6.45, 7) is 9.19. The Morgan fingerprint density at radius 1 is 0.273 bits per heavy atom. The first kappa shape index (κ1) is 89.5.